The lowest BCUT2D eigenvalue weighted by Crippen LogP contribution is -2.31. The number of methoxy groups -OCH3 is 1. The molecule has 6 heteroatoms. The normalized spacial score (nSPS) is 12.3. The number of ether oxygens (including phenoxy) is 1. The lowest BCUT2D eigenvalue weighted by atomic mass is 10.1. The SMILES string of the molecule is COCCc1nc2ccc(C(=O)N(C)C[C@@H](O)c3ccccc3)cc2o1. The van der Waals surface area contributed by atoms with Crippen LogP contribution in [0, 0.1) is 0 Å². The second-order valence-electron chi connectivity index (χ2n) is 6.15. The van der Waals surface area contributed by atoms with Gasteiger partial charge >= 0.3 is 0 Å². The third kappa shape index (κ3) is 4.09. The third-order valence-corrected chi connectivity index (χ3v) is 4.18. The topological polar surface area (TPSA) is 75.8 Å². The molecule has 0 saturated carbocycles. The van der Waals surface area contributed by atoms with Gasteiger partial charge in [0, 0.05) is 26.1 Å². The zero-order valence-electron chi connectivity index (χ0n) is 14.9. The van der Waals surface area contributed by atoms with E-state index in [-0.39, 0.29) is 12.5 Å². The van der Waals surface area contributed by atoms with Crippen LogP contribution in [0.25, 0.3) is 11.1 Å². The molecule has 0 fully saturated rings. The summed E-state index contributed by atoms with van der Waals surface area (Å²) < 4.78 is 10.7. The van der Waals surface area contributed by atoms with Crippen molar-refractivity contribution in [2.24, 2.45) is 0 Å². The van der Waals surface area contributed by atoms with Crippen LogP contribution in [0.15, 0.2) is 52.9 Å². The van der Waals surface area contributed by atoms with Crippen molar-refractivity contribution in [3.63, 3.8) is 0 Å². The predicted octanol–water partition coefficient (Wildman–Crippen LogP) is 2.82. The van der Waals surface area contributed by atoms with Crippen molar-refractivity contribution in [2.75, 3.05) is 27.3 Å². The highest BCUT2D eigenvalue weighted by molar-refractivity contribution is 5.96. The number of amides is 1. The van der Waals surface area contributed by atoms with Crippen LogP contribution < -0.4 is 0 Å². The van der Waals surface area contributed by atoms with Gasteiger partial charge in [-0.3, -0.25) is 4.79 Å². The summed E-state index contributed by atoms with van der Waals surface area (Å²) in [5.74, 6) is 0.399. The number of fused-ring (bicyclic) bond motifs is 1. The molecule has 0 saturated heterocycles. The Labute approximate surface area is 152 Å². The fraction of sp³-hybridized carbons (Fsp3) is 0.300. The average Bonchev–Trinajstić information content (AvgIpc) is 3.08. The van der Waals surface area contributed by atoms with E-state index in [0.717, 1.165) is 5.56 Å². The largest absolute Gasteiger partial charge is 0.441 e. The van der Waals surface area contributed by atoms with E-state index in [1.807, 2.05) is 30.3 Å². The fourth-order valence-electron chi connectivity index (χ4n) is 2.74. The molecule has 6 nitrogen and oxygen atoms in total. The van der Waals surface area contributed by atoms with Crippen LogP contribution in [0.2, 0.25) is 0 Å². The molecule has 26 heavy (non-hydrogen) atoms. The lowest BCUT2D eigenvalue weighted by Gasteiger charge is -2.21. The summed E-state index contributed by atoms with van der Waals surface area (Å²) in [6.45, 7) is 0.731. The number of aromatic nitrogens is 1. The molecule has 1 amide bonds. The Kier molecular flexibility index (Phi) is 5.65. The van der Waals surface area contributed by atoms with Crippen LogP contribution in [-0.2, 0) is 11.2 Å². The van der Waals surface area contributed by atoms with Gasteiger partial charge in [0.2, 0.25) is 0 Å². The molecule has 0 aliphatic rings. The molecule has 3 aromatic rings. The Bertz CT molecular complexity index is 876. The number of hydrogen-bond donors (Lipinski definition) is 1. The standard InChI is InChI=1S/C20H22N2O4/c1-22(13-17(23)14-6-4-3-5-7-14)20(24)15-8-9-16-18(12-15)26-19(21-16)10-11-25-2/h3-9,12,17,23H,10-11,13H2,1-2H3/t17-/m1/s1. The number of likely N-dealkylation sites (N-methyl/N-ethyl adjacent to an activating group) is 1. The molecule has 2 aromatic carbocycles. The number of benzene rings is 2. The van der Waals surface area contributed by atoms with Crippen LogP contribution in [0.1, 0.15) is 27.9 Å². The first-order valence-electron chi connectivity index (χ1n) is 8.45. The van der Waals surface area contributed by atoms with Gasteiger partial charge in [-0.05, 0) is 23.8 Å². The minimum Gasteiger partial charge on any atom is -0.441 e. The first-order valence-corrected chi connectivity index (χ1v) is 8.45. The van der Waals surface area contributed by atoms with Gasteiger partial charge in [-0.2, -0.15) is 0 Å². The highest BCUT2D eigenvalue weighted by atomic mass is 16.5. The molecule has 1 heterocycles. The van der Waals surface area contributed by atoms with Gasteiger partial charge in [-0.1, -0.05) is 30.3 Å². The number of oxazole rings is 1. The molecule has 1 N–H and O–H groups in total. The van der Waals surface area contributed by atoms with Crippen molar-refractivity contribution < 1.29 is 19.1 Å². The van der Waals surface area contributed by atoms with Gasteiger partial charge in [0.1, 0.15) is 5.52 Å². The Morgan fingerprint density at radius 2 is 2.04 bits per heavy atom. The van der Waals surface area contributed by atoms with Crippen molar-refractivity contribution >= 4 is 17.0 Å². The van der Waals surface area contributed by atoms with Crippen LogP contribution >= 0.6 is 0 Å². The second-order valence-corrected chi connectivity index (χ2v) is 6.15. The van der Waals surface area contributed by atoms with Gasteiger partial charge in [-0.25, -0.2) is 4.98 Å². The Balaban J connectivity index is 1.71. The van der Waals surface area contributed by atoms with Crippen molar-refractivity contribution in [2.45, 2.75) is 12.5 Å². The quantitative estimate of drug-likeness (QED) is 0.706. The lowest BCUT2D eigenvalue weighted by molar-refractivity contribution is 0.0681. The summed E-state index contributed by atoms with van der Waals surface area (Å²) >= 11 is 0. The maximum absolute atomic E-state index is 12.7. The van der Waals surface area contributed by atoms with Crippen LogP contribution in [0.5, 0.6) is 0 Å². The third-order valence-electron chi connectivity index (χ3n) is 4.18. The molecule has 3 rings (SSSR count). The van der Waals surface area contributed by atoms with Gasteiger partial charge in [0.15, 0.2) is 11.5 Å². The summed E-state index contributed by atoms with van der Waals surface area (Å²) in [5.41, 5.74) is 2.55. The van der Waals surface area contributed by atoms with E-state index in [1.165, 1.54) is 4.90 Å². The van der Waals surface area contributed by atoms with Crippen molar-refractivity contribution in [1.82, 2.24) is 9.88 Å². The number of hydrogen-bond acceptors (Lipinski definition) is 5. The monoisotopic (exact) mass is 354 g/mol. The van der Waals surface area contributed by atoms with E-state index >= 15 is 0 Å². The molecule has 136 valence electrons. The van der Waals surface area contributed by atoms with Gasteiger partial charge in [-0.15, -0.1) is 0 Å². The van der Waals surface area contributed by atoms with Gasteiger partial charge < -0.3 is 19.2 Å². The fourth-order valence-corrected chi connectivity index (χ4v) is 2.74. The van der Waals surface area contributed by atoms with Crippen molar-refractivity contribution in [3.8, 4) is 0 Å². The molecule has 0 aliphatic heterocycles. The zero-order valence-corrected chi connectivity index (χ0v) is 14.9. The molecule has 0 radical (unpaired) electrons. The molecule has 0 aliphatic carbocycles. The molecular formula is C20H22N2O4. The zero-order chi connectivity index (χ0) is 18.5. The number of aliphatic hydroxyl groups is 1. The number of nitrogens with zero attached hydrogens (tertiary/aromatic N) is 2. The Hall–Kier alpha value is -2.70. The van der Waals surface area contributed by atoms with E-state index in [2.05, 4.69) is 4.98 Å². The minimum atomic E-state index is -0.736. The number of rotatable bonds is 7. The first-order chi connectivity index (χ1) is 12.6. The van der Waals surface area contributed by atoms with E-state index in [0.29, 0.717) is 35.6 Å². The highest BCUT2D eigenvalue weighted by Gasteiger charge is 2.18. The molecule has 1 atom stereocenters. The summed E-state index contributed by atoms with van der Waals surface area (Å²) in [4.78, 5) is 18.5. The first kappa shape index (κ1) is 18.1. The van der Waals surface area contributed by atoms with Crippen LogP contribution in [-0.4, -0.2) is 48.2 Å². The smallest absolute Gasteiger partial charge is 0.253 e. The van der Waals surface area contributed by atoms with Crippen LogP contribution in [0.3, 0.4) is 0 Å². The van der Waals surface area contributed by atoms with Gasteiger partial charge in [0.25, 0.3) is 5.91 Å². The van der Waals surface area contributed by atoms with Crippen molar-refractivity contribution in [1.29, 1.82) is 0 Å². The average molecular weight is 354 g/mol. The number of carbonyl (C=O) groups excluding carboxylic acids is 1. The van der Waals surface area contributed by atoms with E-state index in [4.69, 9.17) is 9.15 Å². The molecule has 1 aromatic heterocycles. The maximum atomic E-state index is 12.7. The minimum absolute atomic E-state index is 0.184. The Morgan fingerprint density at radius 3 is 2.77 bits per heavy atom. The van der Waals surface area contributed by atoms with Crippen LogP contribution in [0.4, 0.5) is 0 Å². The molecular weight excluding hydrogens is 332 g/mol. The second kappa shape index (κ2) is 8.12. The molecule has 0 spiro atoms. The van der Waals surface area contributed by atoms with Crippen molar-refractivity contribution in [3.05, 3.63) is 65.5 Å². The predicted molar refractivity (Wildman–Crippen MR) is 98.0 cm³/mol. The molecule has 0 bridgehead atoms. The highest BCUT2D eigenvalue weighted by Crippen LogP contribution is 2.20. The maximum Gasteiger partial charge on any atom is 0.253 e. The summed E-state index contributed by atoms with van der Waals surface area (Å²) in [6, 6.07) is 14.5. The summed E-state index contributed by atoms with van der Waals surface area (Å²) in [6.07, 6.45) is -0.155. The summed E-state index contributed by atoms with van der Waals surface area (Å²) in [5, 5.41) is 10.3. The van der Waals surface area contributed by atoms with Gasteiger partial charge in [0.05, 0.1) is 19.3 Å². The number of carbonyl (C=O) groups is 1. The van der Waals surface area contributed by atoms with E-state index in [1.54, 1.807) is 32.4 Å². The number of aliphatic hydroxyl groups excluding tert-OH is 1. The summed E-state index contributed by atoms with van der Waals surface area (Å²) in [7, 11) is 3.29. The molecule has 0 unspecified atom stereocenters. The van der Waals surface area contributed by atoms with E-state index < -0.39 is 6.10 Å². The Morgan fingerprint density at radius 1 is 1.27 bits per heavy atom. The van der Waals surface area contributed by atoms with E-state index in [9.17, 15) is 9.90 Å².